The predicted octanol–water partition coefficient (Wildman–Crippen LogP) is 4.43. The molecule has 1 N–H and O–H groups in total. The van der Waals surface area contributed by atoms with E-state index in [0.29, 0.717) is 34.4 Å². The van der Waals surface area contributed by atoms with Gasteiger partial charge in [-0.05, 0) is 36.1 Å². The first kappa shape index (κ1) is 18.1. The molecule has 0 saturated carbocycles. The molecule has 0 saturated heterocycles. The lowest BCUT2D eigenvalue weighted by molar-refractivity contribution is 0.413. The SMILES string of the molecule is COc1cc(F)ccc1-c1cc(Nc2cc(CSC)cc(F)n2)ncn1. The highest BCUT2D eigenvalue weighted by Gasteiger charge is 2.10. The topological polar surface area (TPSA) is 59.9 Å². The van der Waals surface area contributed by atoms with E-state index >= 15 is 0 Å². The molecular formula is C18H16F2N4OS. The largest absolute Gasteiger partial charge is 0.496 e. The van der Waals surface area contributed by atoms with Crippen LogP contribution in [-0.4, -0.2) is 28.3 Å². The van der Waals surface area contributed by atoms with Crippen LogP contribution in [-0.2, 0) is 5.75 Å². The third-order valence-corrected chi connectivity index (χ3v) is 4.15. The standard InChI is InChI=1S/C18H16F2N4OS/c1-25-15-7-12(19)3-4-13(15)14-8-17(22-10-21-14)24-18-6-11(9-26-2)5-16(20)23-18/h3-8,10H,9H2,1-2H3,(H,21,22,23,24). The minimum Gasteiger partial charge on any atom is -0.496 e. The van der Waals surface area contributed by atoms with Gasteiger partial charge in [0.1, 0.15) is 29.5 Å². The minimum absolute atomic E-state index is 0.352. The Morgan fingerprint density at radius 2 is 1.92 bits per heavy atom. The summed E-state index contributed by atoms with van der Waals surface area (Å²) in [5.41, 5.74) is 1.98. The van der Waals surface area contributed by atoms with Crippen LogP contribution in [0.15, 0.2) is 42.7 Å². The molecule has 0 fully saturated rings. The van der Waals surface area contributed by atoms with Crippen LogP contribution in [0.3, 0.4) is 0 Å². The third-order valence-electron chi connectivity index (χ3n) is 3.53. The van der Waals surface area contributed by atoms with Crippen molar-refractivity contribution in [1.82, 2.24) is 15.0 Å². The van der Waals surface area contributed by atoms with Crippen molar-refractivity contribution in [2.45, 2.75) is 5.75 Å². The van der Waals surface area contributed by atoms with E-state index in [4.69, 9.17) is 4.74 Å². The Kier molecular flexibility index (Phi) is 5.62. The van der Waals surface area contributed by atoms with Gasteiger partial charge >= 0.3 is 0 Å². The molecule has 8 heteroatoms. The number of ether oxygens (including phenoxy) is 1. The summed E-state index contributed by atoms with van der Waals surface area (Å²) < 4.78 is 32.3. The predicted molar refractivity (Wildman–Crippen MR) is 98.7 cm³/mol. The highest BCUT2D eigenvalue weighted by atomic mass is 32.2. The smallest absolute Gasteiger partial charge is 0.215 e. The van der Waals surface area contributed by atoms with Crippen molar-refractivity contribution in [3.05, 3.63) is 60.1 Å². The van der Waals surface area contributed by atoms with Crippen LogP contribution in [0.4, 0.5) is 20.4 Å². The highest BCUT2D eigenvalue weighted by Crippen LogP contribution is 2.30. The number of methoxy groups -OCH3 is 1. The van der Waals surface area contributed by atoms with Crippen LogP contribution in [0, 0.1) is 11.8 Å². The van der Waals surface area contributed by atoms with Crippen molar-refractivity contribution in [3.63, 3.8) is 0 Å². The minimum atomic E-state index is -0.562. The van der Waals surface area contributed by atoms with Gasteiger partial charge in [-0.1, -0.05) is 0 Å². The molecule has 0 aliphatic heterocycles. The van der Waals surface area contributed by atoms with Gasteiger partial charge in [-0.3, -0.25) is 0 Å². The number of nitrogens with one attached hydrogen (secondary N) is 1. The van der Waals surface area contributed by atoms with Crippen LogP contribution >= 0.6 is 11.8 Å². The molecule has 0 aliphatic rings. The van der Waals surface area contributed by atoms with Gasteiger partial charge in [0, 0.05) is 23.4 Å². The summed E-state index contributed by atoms with van der Waals surface area (Å²) in [4.78, 5) is 12.2. The summed E-state index contributed by atoms with van der Waals surface area (Å²) >= 11 is 1.59. The maximum atomic E-state index is 13.7. The van der Waals surface area contributed by atoms with E-state index in [1.54, 1.807) is 30.0 Å². The molecule has 2 aromatic heterocycles. The normalized spacial score (nSPS) is 10.6. The van der Waals surface area contributed by atoms with Crippen LogP contribution in [0.1, 0.15) is 5.56 Å². The first-order valence-corrected chi connectivity index (χ1v) is 9.07. The summed E-state index contributed by atoms with van der Waals surface area (Å²) in [5.74, 6) is 0.868. The lowest BCUT2D eigenvalue weighted by Gasteiger charge is -2.10. The molecule has 0 radical (unpaired) electrons. The fraction of sp³-hybridized carbons (Fsp3) is 0.167. The average molecular weight is 374 g/mol. The lowest BCUT2D eigenvalue weighted by atomic mass is 10.1. The fourth-order valence-electron chi connectivity index (χ4n) is 2.44. The number of benzene rings is 1. The molecule has 0 atom stereocenters. The van der Waals surface area contributed by atoms with Gasteiger partial charge in [0.15, 0.2) is 0 Å². The van der Waals surface area contributed by atoms with E-state index in [0.717, 1.165) is 5.56 Å². The number of aromatic nitrogens is 3. The van der Waals surface area contributed by atoms with Gasteiger partial charge in [0.25, 0.3) is 0 Å². The Morgan fingerprint density at radius 3 is 2.69 bits per heavy atom. The third kappa shape index (κ3) is 4.26. The Bertz CT molecular complexity index is 923. The molecule has 0 bridgehead atoms. The molecule has 0 spiro atoms. The maximum absolute atomic E-state index is 13.7. The van der Waals surface area contributed by atoms with Crippen molar-refractivity contribution in [2.75, 3.05) is 18.7 Å². The number of anilines is 2. The number of pyridine rings is 1. The molecule has 0 unspecified atom stereocenters. The number of hydrogen-bond donors (Lipinski definition) is 1. The van der Waals surface area contributed by atoms with Crippen molar-refractivity contribution in [3.8, 4) is 17.0 Å². The van der Waals surface area contributed by atoms with Gasteiger partial charge < -0.3 is 10.1 Å². The van der Waals surface area contributed by atoms with E-state index in [9.17, 15) is 8.78 Å². The quantitative estimate of drug-likeness (QED) is 0.644. The summed E-state index contributed by atoms with van der Waals surface area (Å²) in [6.45, 7) is 0. The van der Waals surface area contributed by atoms with E-state index in [-0.39, 0.29) is 0 Å². The van der Waals surface area contributed by atoms with E-state index in [2.05, 4.69) is 20.3 Å². The highest BCUT2D eigenvalue weighted by molar-refractivity contribution is 7.97. The fourth-order valence-corrected chi connectivity index (χ4v) is 2.94. The first-order chi connectivity index (χ1) is 12.6. The first-order valence-electron chi connectivity index (χ1n) is 7.67. The number of halogens is 2. The number of rotatable bonds is 6. The molecule has 2 heterocycles. The van der Waals surface area contributed by atoms with Crippen LogP contribution in [0.25, 0.3) is 11.3 Å². The van der Waals surface area contributed by atoms with E-state index < -0.39 is 11.8 Å². The van der Waals surface area contributed by atoms with Crippen LogP contribution in [0.2, 0.25) is 0 Å². The summed E-state index contributed by atoms with van der Waals surface area (Å²) in [6.07, 6.45) is 3.31. The van der Waals surface area contributed by atoms with Crippen LogP contribution < -0.4 is 10.1 Å². The summed E-state index contributed by atoms with van der Waals surface area (Å²) in [5, 5.41) is 2.98. The molecule has 3 aromatic rings. The van der Waals surface area contributed by atoms with Crippen molar-refractivity contribution in [2.24, 2.45) is 0 Å². The van der Waals surface area contributed by atoms with Gasteiger partial charge in [0.2, 0.25) is 5.95 Å². The van der Waals surface area contributed by atoms with E-state index in [1.165, 1.54) is 31.6 Å². The summed E-state index contributed by atoms with van der Waals surface area (Å²) in [7, 11) is 1.46. The zero-order valence-corrected chi connectivity index (χ0v) is 15.0. The molecule has 3 rings (SSSR count). The number of thioether (sulfide) groups is 1. The Morgan fingerprint density at radius 1 is 1.08 bits per heavy atom. The number of hydrogen-bond acceptors (Lipinski definition) is 6. The monoisotopic (exact) mass is 374 g/mol. The Labute approximate surface area is 153 Å². The van der Waals surface area contributed by atoms with E-state index in [1.807, 2.05) is 6.26 Å². The van der Waals surface area contributed by atoms with Gasteiger partial charge in [-0.2, -0.15) is 16.2 Å². The lowest BCUT2D eigenvalue weighted by Crippen LogP contribution is -2.00. The molecule has 5 nitrogen and oxygen atoms in total. The van der Waals surface area contributed by atoms with Crippen molar-refractivity contribution in [1.29, 1.82) is 0 Å². The molecule has 0 amide bonds. The van der Waals surface area contributed by atoms with Crippen LogP contribution in [0.5, 0.6) is 5.75 Å². The molecular weight excluding hydrogens is 358 g/mol. The van der Waals surface area contributed by atoms with Crippen molar-refractivity contribution >= 4 is 23.4 Å². The second-order valence-electron chi connectivity index (χ2n) is 5.37. The zero-order chi connectivity index (χ0) is 18.5. The Hall–Kier alpha value is -2.74. The second-order valence-corrected chi connectivity index (χ2v) is 6.24. The number of nitrogens with zero attached hydrogens (tertiary/aromatic N) is 3. The average Bonchev–Trinajstić information content (AvgIpc) is 2.61. The zero-order valence-electron chi connectivity index (χ0n) is 14.2. The van der Waals surface area contributed by atoms with Gasteiger partial charge in [-0.25, -0.2) is 19.3 Å². The van der Waals surface area contributed by atoms with Gasteiger partial charge in [-0.15, -0.1) is 0 Å². The molecule has 26 heavy (non-hydrogen) atoms. The van der Waals surface area contributed by atoms with Crippen molar-refractivity contribution < 1.29 is 13.5 Å². The second kappa shape index (κ2) is 8.09. The molecule has 0 aliphatic carbocycles. The summed E-state index contributed by atoms with van der Waals surface area (Å²) in [6, 6.07) is 9.02. The maximum Gasteiger partial charge on any atom is 0.215 e. The Balaban J connectivity index is 1.91. The molecule has 134 valence electrons. The molecule has 1 aromatic carbocycles. The van der Waals surface area contributed by atoms with Gasteiger partial charge in [0.05, 0.1) is 12.8 Å².